The minimum atomic E-state index is -1.48. The minimum Gasteiger partial charge on any atom is -0.425 e. The quantitative estimate of drug-likeness (QED) is 0.563. The predicted octanol–water partition coefficient (Wildman–Crippen LogP) is -0.982. The first-order chi connectivity index (χ1) is 5.34. The van der Waals surface area contributed by atoms with E-state index in [2.05, 4.69) is 0 Å². The Morgan fingerprint density at radius 2 is 2.09 bits per heavy atom. The second kappa shape index (κ2) is 5.17. The fraction of sp³-hybridized carbons (Fsp3) is 1.00. The van der Waals surface area contributed by atoms with Crippen LogP contribution in [0.25, 0.3) is 0 Å². The lowest BCUT2D eigenvalue weighted by Crippen LogP contribution is -2.38. The summed E-state index contributed by atoms with van der Waals surface area (Å²) in [5.74, 6) is 0. The van der Waals surface area contributed by atoms with Crippen LogP contribution in [0.4, 0.5) is 4.39 Å². The number of hydrogen-bond acceptors (Lipinski definition) is 3. The van der Waals surface area contributed by atoms with Crippen molar-refractivity contribution in [2.24, 2.45) is 0 Å². The van der Waals surface area contributed by atoms with Gasteiger partial charge in [0.15, 0.2) is 0 Å². The van der Waals surface area contributed by atoms with E-state index in [4.69, 9.17) is 12.3 Å². The maximum absolute atomic E-state index is 11.9. The van der Waals surface area contributed by atoms with Gasteiger partial charge in [-0.2, -0.15) is 0 Å². The normalized spacial score (nSPS) is 32.7. The first-order valence-electron chi connectivity index (χ1n) is 3.71. The van der Waals surface area contributed by atoms with Crippen molar-refractivity contribution in [3.8, 4) is 0 Å². The Kier molecular flexibility index (Phi) is 4.49. The van der Waals surface area contributed by atoms with Crippen molar-refractivity contribution in [1.29, 1.82) is 0 Å². The summed E-state index contributed by atoms with van der Waals surface area (Å²) >= 11 is 0. The van der Waals surface area contributed by atoms with Crippen LogP contribution in [0.2, 0.25) is 5.54 Å². The van der Waals surface area contributed by atoms with Crippen LogP contribution < -0.4 is 0 Å². The molecule has 1 rings (SSSR count). The standard InChI is InChI=1S/C4H13FO3Si3/c1-4(2-3-5)11-7-9-6-10-8-11/h4,11H,2-3,9-10H2,1H3. The lowest BCUT2D eigenvalue weighted by atomic mass is 10.4. The zero-order chi connectivity index (χ0) is 8.10. The van der Waals surface area contributed by atoms with Crippen LogP contribution in [-0.4, -0.2) is 36.0 Å². The van der Waals surface area contributed by atoms with E-state index in [9.17, 15) is 4.39 Å². The van der Waals surface area contributed by atoms with Gasteiger partial charge in [0, 0.05) is 0 Å². The van der Waals surface area contributed by atoms with E-state index < -0.39 is 29.3 Å². The van der Waals surface area contributed by atoms with Gasteiger partial charge in [0.05, 0.1) is 6.67 Å². The molecule has 11 heavy (non-hydrogen) atoms. The molecule has 0 spiro atoms. The molecule has 7 heteroatoms. The van der Waals surface area contributed by atoms with Crippen molar-refractivity contribution in [2.75, 3.05) is 6.67 Å². The van der Waals surface area contributed by atoms with E-state index in [1.807, 2.05) is 6.92 Å². The van der Waals surface area contributed by atoms with Gasteiger partial charge in [0.25, 0.3) is 20.0 Å². The third-order valence-corrected chi connectivity index (χ3v) is 7.97. The molecule has 1 fully saturated rings. The maximum atomic E-state index is 11.9. The van der Waals surface area contributed by atoms with Crippen LogP contribution in [0.15, 0.2) is 0 Å². The van der Waals surface area contributed by atoms with E-state index in [-0.39, 0.29) is 6.67 Å². The molecule has 0 aliphatic carbocycles. The van der Waals surface area contributed by atoms with Crippen LogP contribution >= 0.6 is 0 Å². The molecule has 1 heterocycles. The van der Waals surface area contributed by atoms with Crippen molar-refractivity contribution in [2.45, 2.75) is 18.9 Å². The van der Waals surface area contributed by atoms with Gasteiger partial charge in [-0.3, -0.25) is 4.39 Å². The predicted molar refractivity (Wildman–Crippen MR) is 47.5 cm³/mol. The highest BCUT2D eigenvalue weighted by atomic mass is 28.4. The number of hydrogen-bond donors (Lipinski definition) is 0. The molecule has 3 nitrogen and oxygen atoms in total. The molecule has 0 bridgehead atoms. The lowest BCUT2D eigenvalue weighted by Gasteiger charge is -2.26. The van der Waals surface area contributed by atoms with E-state index >= 15 is 0 Å². The molecule has 66 valence electrons. The number of halogens is 1. The highest BCUT2D eigenvalue weighted by Crippen LogP contribution is 2.17. The zero-order valence-electron chi connectivity index (χ0n) is 6.59. The molecule has 0 aromatic carbocycles. The first-order valence-corrected chi connectivity index (χ1v) is 7.63. The third-order valence-electron chi connectivity index (χ3n) is 1.66. The van der Waals surface area contributed by atoms with E-state index in [0.29, 0.717) is 12.0 Å². The summed E-state index contributed by atoms with van der Waals surface area (Å²) < 4.78 is 27.8. The van der Waals surface area contributed by atoms with Crippen molar-refractivity contribution >= 4 is 29.3 Å². The summed E-state index contributed by atoms with van der Waals surface area (Å²) in [4.78, 5) is 0. The summed E-state index contributed by atoms with van der Waals surface area (Å²) in [7, 11) is -2.92. The smallest absolute Gasteiger partial charge is 0.306 e. The molecule has 1 saturated heterocycles. The van der Waals surface area contributed by atoms with Gasteiger partial charge >= 0.3 is 9.28 Å². The Bertz CT molecular complexity index is 111. The van der Waals surface area contributed by atoms with Crippen molar-refractivity contribution in [1.82, 2.24) is 0 Å². The number of rotatable bonds is 3. The molecular weight excluding hydrogens is 199 g/mol. The fourth-order valence-electron chi connectivity index (χ4n) is 0.949. The monoisotopic (exact) mass is 212 g/mol. The largest absolute Gasteiger partial charge is 0.425 e. The van der Waals surface area contributed by atoms with Crippen molar-refractivity contribution in [3.63, 3.8) is 0 Å². The SMILES string of the molecule is CC(CCF)[SiH]1O[SiH2]O[SiH2]O1. The molecule has 0 saturated carbocycles. The van der Waals surface area contributed by atoms with E-state index in [1.54, 1.807) is 0 Å². The molecule has 1 atom stereocenters. The van der Waals surface area contributed by atoms with Gasteiger partial charge in [-0.05, 0) is 12.0 Å². The molecule has 1 unspecified atom stereocenters. The Morgan fingerprint density at radius 3 is 2.64 bits per heavy atom. The van der Waals surface area contributed by atoms with Gasteiger partial charge in [-0.15, -0.1) is 0 Å². The highest BCUT2D eigenvalue weighted by molar-refractivity contribution is 6.62. The van der Waals surface area contributed by atoms with Gasteiger partial charge in [0.2, 0.25) is 0 Å². The van der Waals surface area contributed by atoms with Gasteiger partial charge < -0.3 is 12.3 Å². The van der Waals surface area contributed by atoms with Crippen LogP contribution in [0.5, 0.6) is 0 Å². The summed E-state index contributed by atoms with van der Waals surface area (Å²) in [6.07, 6.45) is 0.583. The van der Waals surface area contributed by atoms with Crippen LogP contribution in [-0.2, 0) is 12.3 Å². The summed E-state index contributed by atoms with van der Waals surface area (Å²) in [5.41, 5.74) is 0.309. The average Bonchev–Trinajstić information content (AvgIpc) is 2.07. The molecule has 1 aliphatic rings. The average molecular weight is 212 g/mol. The van der Waals surface area contributed by atoms with Gasteiger partial charge in [-0.1, -0.05) is 6.92 Å². The van der Waals surface area contributed by atoms with E-state index in [1.165, 1.54) is 0 Å². The Balaban J connectivity index is 2.21. The fourth-order valence-corrected chi connectivity index (χ4v) is 9.07. The molecule has 0 radical (unpaired) electrons. The Hall–Kier alpha value is 0.461. The van der Waals surface area contributed by atoms with E-state index in [0.717, 1.165) is 0 Å². The van der Waals surface area contributed by atoms with Crippen LogP contribution in [0, 0.1) is 0 Å². The van der Waals surface area contributed by atoms with Crippen molar-refractivity contribution < 1.29 is 16.7 Å². The second-order valence-corrected chi connectivity index (χ2v) is 9.24. The Labute approximate surface area is 72.2 Å². The topological polar surface area (TPSA) is 27.7 Å². The summed E-state index contributed by atoms with van der Waals surface area (Å²) in [6, 6.07) is 0. The molecule has 1 aliphatic heterocycles. The summed E-state index contributed by atoms with van der Waals surface area (Å²) in [5, 5.41) is 0. The van der Waals surface area contributed by atoms with Crippen LogP contribution in [0.1, 0.15) is 13.3 Å². The summed E-state index contributed by atoms with van der Waals surface area (Å²) in [6.45, 7) is 1.74. The second-order valence-electron chi connectivity index (χ2n) is 2.60. The number of alkyl halides is 1. The highest BCUT2D eigenvalue weighted by Gasteiger charge is 2.24. The molecular formula is C4H13FO3Si3. The van der Waals surface area contributed by atoms with Crippen LogP contribution in [0.3, 0.4) is 0 Å². The third kappa shape index (κ3) is 3.13. The maximum Gasteiger partial charge on any atom is 0.306 e. The van der Waals surface area contributed by atoms with Gasteiger partial charge in [0.1, 0.15) is 0 Å². The first kappa shape index (κ1) is 9.55. The molecule has 0 N–H and O–H groups in total. The molecule has 0 aromatic rings. The molecule has 0 aromatic heterocycles. The zero-order valence-corrected chi connectivity index (χ0v) is 10.6. The molecule has 0 amide bonds. The Morgan fingerprint density at radius 1 is 1.45 bits per heavy atom. The minimum absolute atomic E-state index is 0.263. The van der Waals surface area contributed by atoms with Crippen molar-refractivity contribution in [3.05, 3.63) is 0 Å². The lowest BCUT2D eigenvalue weighted by molar-refractivity contribution is 0.306. The van der Waals surface area contributed by atoms with Gasteiger partial charge in [-0.25, -0.2) is 0 Å².